The molecule has 0 aliphatic heterocycles. The highest BCUT2D eigenvalue weighted by Crippen LogP contribution is 2.41. The molecule has 1 aliphatic rings. The topological polar surface area (TPSA) is 69.7 Å². The molecular formula is C19H24O5. The van der Waals surface area contributed by atoms with E-state index >= 15 is 0 Å². The number of hydrogen-bond donors (Lipinski definition) is 0. The van der Waals surface area contributed by atoms with Crippen LogP contribution in [-0.2, 0) is 29.3 Å². The van der Waals surface area contributed by atoms with Crippen molar-refractivity contribution in [1.29, 1.82) is 0 Å². The molecule has 0 aromatic heterocycles. The Morgan fingerprint density at radius 3 is 2.33 bits per heavy atom. The minimum absolute atomic E-state index is 0.0808. The second-order valence-electron chi connectivity index (χ2n) is 7.16. The molecule has 0 amide bonds. The van der Waals surface area contributed by atoms with Gasteiger partial charge in [0.1, 0.15) is 5.60 Å². The van der Waals surface area contributed by atoms with Crippen LogP contribution in [0.25, 0.3) is 0 Å². The van der Waals surface area contributed by atoms with Crippen molar-refractivity contribution in [2.45, 2.75) is 51.0 Å². The number of esters is 2. The van der Waals surface area contributed by atoms with E-state index in [2.05, 4.69) is 0 Å². The van der Waals surface area contributed by atoms with E-state index in [9.17, 15) is 14.4 Å². The number of benzene rings is 1. The Balaban J connectivity index is 2.40. The largest absolute Gasteiger partial charge is 0.468 e. The average molecular weight is 332 g/mol. The maximum atomic E-state index is 12.7. The summed E-state index contributed by atoms with van der Waals surface area (Å²) < 4.78 is 10.4. The van der Waals surface area contributed by atoms with Crippen LogP contribution in [0.1, 0.15) is 45.6 Å². The van der Waals surface area contributed by atoms with Crippen molar-refractivity contribution in [3.05, 3.63) is 35.9 Å². The fraction of sp³-hybridized carbons (Fsp3) is 0.526. The van der Waals surface area contributed by atoms with Crippen LogP contribution in [0.15, 0.2) is 30.3 Å². The second-order valence-corrected chi connectivity index (χ2v) is 7.16. The Labute approximate surface area is 142 Å². The Bertz CT molecular complexity index is 619. The maximum Gasteiger partial charge on any atom is 0.323 e. The van der Waals surface area contributed by atoms with Crippen LogP contribution in [0, 0.1) is 5.92 Å². The fourth-order valence-electron chi connectivity index (χ4n) is 3.18. The first kappa shape index (κ1) is 18.2. The summed E-state index contributed by atoms with van der Waals surface area (Å²) in [5.41, 5.74) is -1.48. The molecule has 2 rings (SSSR count). The summed E-state index contributed by atoms with van der Waals surface area (Å²) in [6.07, 6.45) is 0.616. The van der Waals surface area contributed by atoms with Crippen LogP contribution < -0.4 is 0 Å². The van der Waals surface area contributed by atoms with Crippen molar-refractivity contribution < 1.29 is 23.9 Å². The van der Waals surface area contributed by atoms with Gasteiger partial charge in [-0.1, -0.05) is 30.3 Å². The summed E-state index contributed by atoms with van der Waals surface area (Å²) in [6.45, 7) is 5.39. The lowest BCUT2D eigenvalue weighted by Crippen LogP contribution is -2.50. The zero-order valence-corrected chi connectivity index (χ0v) is 14.6. The quantitative estimate of drug-likeness (QED) is 0.629. The number of Topliss-reactive ketones (excluding diaryl/α,β-unsaturated/α-hetero) is 1. The molecule has 0 heterocycles. The summed E-state index contributed by atoms with van der Waals surface area (Å²) >= 11 is 0. The average Bonchev–Trinajstić information content (AvgIpc) is 2.54. The van der Waals surface area contributed by atoms with Gasteiger partial charge < -0.3 is 9.47 Å². The normalized spacial score (nSPS) is 24.3. The molecule has 0 spiro atoms. The van der Waals surface area contributed by atoms with E-state index in [0.29, 0.717) is 12.0 Å². The van der Waals surface area contributed by atoms with Gasteiger partial charge >= 0.3 is 11.9 Å². The molecule has 1 aromatic rings. The van der Waals surface area contributed by atoms with Gasteiger partial charge in [0.2, 0.25) is 0 Å². The molecule has 1 aromatic carbocycles. The third-order valence-electron chi connectivity index (χ3n) is 4.29. The fourth-order valence-corrected chi connectivity index (χ4v) is 3.18. The SMILES string of the molecule is COC(=O)C1(c2ccccc2)CC(C(=O)OC(C)(C)C)CCC1=O. The maximum absolute atomic E-state index is 12.7. The molecule has 2 atom stereocenters. The number of carbonyl (C=O) groups excluding carboxylic acids is 3. The molecule has 0 saturated heterocycles. The van der Waals surface area contributed by atoms with Gasteiger partial charge in [-0.15, -0.1) is 0 Å². The van der Waals surface area contributed by atoms with Crippen molar-refractivity contribution in [3.63, 3.8) is 0 Å². The van der Waals surface area contributed by atoms with Gasteiger partial charge in [0.05, 0.1) is 13.0 Å². The molecule has 5 heteroatoms. The first-order valence-electron chi connectivity index (χ1n) is 8.11. The second kappa shape index (κ2) is 6.75. The highest BCUT2D eigenvalue weighted by molar-refractivity contribution is 6.10. The highest BCUT2D eigenvalue weighted by atomic mass is 16.6. The lowest BCUT2D eigenvalue weighted by atomic mass is 9.65. The number of methoxy groups -OCH3 is 1. The van der Waals surface area contributed by atoms with Crippen LogP contribution in [0.3, 0.4) is 0 Å². The van der Waals surface area contributed by atoms with Gasteiger partial charge in [-0.05, 0) is 39.2 Å². The van der Waals surface area contributed by atoms with Crippen LogP contribution in [0.5, 0.6) is 0 Å². The molecule has 0 radical (unpaired) electrons. The first-order valence-corrected chi connectivity index (χ1v) is 8.11. The minimum Gasteiger partial charge on any atom is -0.468 e. The van der Waals surface area contributed by atoms with Gasteiger partial charge in [0.25, 0.3) is 0 Å². The van der Waals surface area contributed by atoms with Crippen LogP contribution in [-0.4, -0.2) is 30.4 Å². The van der Waals surface area contributed by atoms with Crippen molar-refractivity contribution in [3.8, 4) is 0 Å². The summed E-state index contributed by atoms with van der Waals surface area (Å²) in [4.78, 5) is 37.7. The Hall–Kier alpha value is -2.17. The summed E-state index contributed by atoms with van der Waals surface area (Å²) in [5.74, 6) is -1.72. The van der Waals surface area contributed by atoms with Crippen LogP contribution >= 0.6 is 0 Å². The lowest BCUT2D eigenvalue weighted by Gasteiger charge is -2.37. The molecule has 0 bridgehead atoms. The Kier molecular flexibility index (Phi) is 5.11. The highest BCUT2D eigenvalue weighted by Gasteiger charge is 2.53. The van der Waals surface area contributed by atoms with E-state index in [1.54, 1.807) is 45.0 Å². The summed E-state index contributed by atoms with van der Waals surface area (Å²) in [5, 5.41) is 0. The zero-order valence-electron chi connectivity index (χ0n) is 14.6. The predicted molar refractivity (Wildman–Crippen MR) is 88.3 cm³/mol. The van der Waals surface area contributed by atoms with E-state index in [-0.39, 0.29) is 24.6 Å². The van der Waals surface area contributed by atoms with Crippen molar-refractivity contribution in [1.82, 2.24) is 0 Å². The molecular weight excluding hydrogens is 308 g/mol. The number of carbonyl (C=O) groups is 3. The third kappa shape index (κ3) is 3.50. The number of hydrogen-bond acceptors (Lipinski definition) is 5. The molecule has 130 valence electrons. The summed E-state index contributed by atoms with van der Waals surface area (Å²) in [6, 6.07) is 8.81. The monoisotopic (exact) mass is 332 g/mol. The van der Waals surface area contributed by atoms with Crippen molar-refractivity contribution in [2.24, 2.45) is 5.92 Å². The van der Waals surface area contributed by atoms with E-state index < -0.39 is 22.9 Å². The molecule has 1 saturated carbocycles. The number of rotatable bonds is 3. The van der Waals surface area contributed by atoms with Gasteiger partial charge in [0, 0.05) is 6.42 Å². The Morgan fingerprint density at radius 2 is 1.79 bits per heavy atom. The van der Waals surface area contributed by atoms with E-state index in [4.69, 9.17) is 9.47 Å². The lowest BCUT2D eigenvalue weighted by molar-refractivity contribution is -0.165. The number of ether oxygens (including phenoxy) is 2. The number of ketones is 1. The minimum atomic E-state index is -1.43. The first-order chi connectivity index (χ1) is 11.2. The Morgan fingerprint density at radius 1 is 1.17 bits per heavy atom. The smallest absolute Gasteiger partial charge is 0.323 e. The van der Waals surface area contributed by atoms with E-state index in [1.165, 1.54) is 7.11 Å². The van der Waals surface area contributed by atoms with Crippen LogP contribution in [0.2, 0.25) is 0 Å². The third-order valence-corrected chi connectivity index (χ3v) is 4.29. The van der Waals surface area contributed by atoms with Gasteiger partial charge in [0.15, 0.2) is 11.2 Å². The molecule has 2 unspecified atom stereocenters. The standard InChI is InChI=1S/C19H24O5/c1-18(2,3)24-16(21)13-10-11-15(20)19(12-13,17(22)23-4)14-8-6-5-7-9-14/h5-9,13H,10-12H2,1-4H3. The van der Waals surface area contributed by atoms with E-state index in [1.807, 2.05) is 6.07 Å². The molecule has 24 heavy (non-hydrogen) atoms. The molecule has 1 fully saturated rings. The molecule has 1 aliphatic carbocycles. The molecule has 0 N–H and O–H groups in total. The van der Waals surface area contributed by atoms with Crippen molar-refractivity contribution >= 4 is 17.7 Å². The summed E-state index contributed by atoms with van der Waals surface area (Å²) in [7, 11) is 1.26. The van der Waals surface area contributed by atoms with Crippen molar-refractivity contribution in [2.75, 3.05) is 7.11 Å². The zero-order chi connectivity index (χ0) is 18.0. The van der Waals surface area contributed by atoms with Gasteiger partial charge in [-0.3, -0.25) is 14.4 Å². The van der Waals surface area contributed by atoms with Gasteiger partial charge in [-0.25, -0.2) is 0 Å². The van der Waals surface area contributed by atoms with Gasteiger partial charge in [-0.2, -0.15) is 0 Å². The molecule has 5 nitrogen and oxygen atoms in total. The van der Waals surface area contributed by atoms with E-state index in [0.717, 1.165) is 0 Å². The van der Waals surface area contributed by atoms with Crippen LogP contribution in [0.4, 0.5) is 0 Å². The predicted octanol–water partition coefficient (Wildman–Crippen LogP) is 2.81.